The molecule has 180 valence electrons. The van der Waals surface area contributed by atoms with Gasteiger partial charge in [-0.2, -0.15) is 0 Å². The van der Waals surface area contributed by atoms with E-state index in [4.69, 9.17) is 9.15 Å². The van der Waals surface area contributed by atoms with Crippen molar-refractivity contribution >= 4 is 28.4 Å². The monoisotopic (exact) mass is 499 g/mol. The van der Waals surface area contributed by atoms with E-state index in [1.165, 1.54) is 16.3 Å². The zero-order valence-electron chi connectivity index (χ0n) is 19.5. The van der Waals surface area contributed by atoms with E-state index in [9.17, 15) is 4.79 Å². The summed E-state index contributed by atoms with van der Waals surface area (Å²) in [6.07, 6.45) is 1.65. The Balaban J connectivity index is 1.40. The van der Waals surface area contributed by atoms with Crippen molar-refractivity contribution in [2.24, 2.45) is 7.05 Å². The largest absolute Gasteiger partial charge is 0.497 e. The van der Waals surface area contributed by atoms with Crippen LogP contribution in [0.1, 0.15) is 11.6 Å². The van der Waals surface area contributed by atoms with Crippen LogP contribution in [0, 0.1) is 0 Å². The maximum absolute atomic E-state index is 12.7. The Kier molecular flexibility index (Phi) is 5.53. The highest BCUT2D eigenvalue weighted by Crippen LogP contribution is 2.29. The summed E-state index contributed by atoms with van der Waals surface area (Å²) in [6, 6.07) is 19.0. The maximum atomic E-state index is 12.7. The molecule has 0 amide bonds. The number of fused-ring (bicyclic) bond motifs is 3. The molecule has 4 aromatic heterocycles. The van der Waals surface area contributed by atoms with Gasteiger partial charge < -0.3 is 9.15 Å². The van der Waals surface area contributed by atoms with Gasteiger partial charge in [0, 0.05) is 12.6 Å². The number of nitrogens with zero attached hydrogens (tertiary/aromatic N) is 7. The van der Waals surface area contributed by atoms with Crippen LogP contribution in [-0.4, -0.2) is 41.0 Å². The Morgan fingerprint density at radius 2 is 1.89 bits per heavy atom. The molecular formula is C25H21N7O3S. The minimum absolute atomic E-state index is 0.106. The molecule has 0 saturated carbocycles. The Bertz CT molecular complexity index is 1750. The second-order valence-electron chi connectivity index (χ2n) is 8.13. The molecule has 0 bridgehead atoms. The van der Waals surface area contributed by atoms with Crippen molar-refractivity contribution in [3.05, 3.63) is 88.9 Å². The number of para-hydroxylation sites is 1. The molecule has 0 unspecified atom stereocenters. The minimum atomic E-state index is -0.106. The molecule has 0 aliphatic rings. The third kappa shape index (κ3) is 3.73. The van der Waals surface area contributed by atoms with Crippen LogP contribution >= 0.6 is 11.8 Å². The smallest absolute Gasteiger partial charge is 0.262 e. The Labute approximate surface area is 209 Å². The summed E-state index contributed by atoms with van der Waals surface area (Å²) < 4.78 is 16.4. The fourth-order valence-electron chi connectivity index (χ4n) is 4.19. The van der Waals surface area contributed by atoms with Crippen LogP contribution in [0.5, 0.6) is 5.75 Å². The highest BCUT2D eigenvalue weighted by molar-refractivity contribution is 7.98. The lowest BCUT2D eigenvalue weighted by molar-refractivity contribution is 0.415. The topological polar surface area (TPSA) is 105 Å². The van der Waals surface area contributed by atoms with Gasteiger partial charge in [-0.25, -0.2) is 0 Å². The normalized spacial score (nSPS) is 11.5. The van der Waals surface area contributed by atoms with Gasteiger partial charge in [0.1, 0.15) is 17.3 Å². The summed E-state index contributed by atoms with van der Waals surface area (Å²) in [6.45, 7) is 0.465. The van der Waals surface area contributed by atoms with Gasteiger partial charge >= 0.3 is 0 Å². The number of furan rings is 1. The van der Waals surface area contributed by atoms with E-state index in [1.807, 2.05) is 69.6 Å². The Morgan fingerprint density at radius 3 is 2.72 bits per heavy atom. The molecule has 0 aliphatic heterocycles. The number of aryl methyl sites for hydroxylation is 1. The van der Waals surface area contributed by atoms with Crippen molar-refractivity contribution < 1.29 is 9.15 Å². The number of hydrogen-bond acceptors (Lipinski definition) is 8. The summed E-state index contributed by atoms with van der Waals surface area (Å²) in [5.41, 5.74) is 1.55. The molecule has 6 rings (SSSR count). The fraction of sp³-hybridized carbons (Fsp3) is 0.160. The van der Waals surface area contributed by atoms with E-state index in [1.54, 1.807) is 20.4 Å². The maximum Gasteiger partial charge on any atom is 0.262 e. The van der Waals surface area contributed by atoms with E-state index in [2.05, 4.69) is 20.4 Å². The van der Waals surface area contributed by atoms with Crippen molar-refractivity contribution in [3.8, 4) is 17.1 Å². The number of methoxy groups -OCH3 is 1. The highest BCUT2D eigenvalue weighted by Gasteiger charge is 2.19. The quantitative estimate of drug-likeness (QED) is 0.306. The SMILES string of the molecule is COc1cccc(-c2nnc(SCc3nnc4n(C)c(=O)c5ccccc5n34)n2Cc2ccco2)c1. The van der Waals surface area contributed by atoms with Gasteiger partial charge in [-0.1, -0.05) is 36.0 Å². The van der Waals surface area contributed by atoms with E-state index in [0.29, 0.717) is 40.3 Å². The summed E-state index contributed by atoms with van der Waals surface area (Å²) >= 11 is 1.49. The lowest BCUT2D eigenvalue weighted by atomic mass is 10.2. The van der Waals surface area contributed by atoms with Crippen LogP contribution in [0.2, 0.25) is 0 Å². The van der Waals surface area contributed by atoms with Crippen LogP contribution in [0.25, 0.3) is 28.1 Å². The first kappa shape index (κ1) is 22.1. The van der Waals surface area contributed by atoms with Gasteiger partial charge in [-0.3, -0.25) is 18.3 Å². The van der Waals surface area contributed by atoms with Gasteiger partial charge in [0.15, 0.2) is 11.0 Å². The summed E-state index contributed by atoms with van der Waals surface area (Å²) in [7, 11) is 3.34. The van der Waals surface area contributed by atoms with Gasteiger partial charge in [0.05, 0.1) is 36.6 Å². The zero-order valence-corrected chi connectivity index (χ0v) is 20.3. The molecule has 6 aromatic rings. The molecule has 10 nitrogen and oxygen atoms in total. The van der Waals surface area contributed by atoms with Crippen LogP contribution < -0.4 is 10.3 Å². The molecule has 0 spiro atoms. The fourth-order valence-corrected chi connectivity index (χ4v) is 5.04. The average Bonchev–Trinajstić information content (AvgIpc) is 3.67. The van der Waals surface area contributed by atoms with Crippen molar-refractivity contribution in [1.82, 2.24) is 33.9 Å². The molecule has 4 heterocycles. The van der Waals surface area contributed by atoms with Crippen LogP contribution in [0.4, 0.5) is 0 Å². The third-order valence-electron chi connectivity index (χ3n) is 5.96. The molecule has 0 atom stereocenters. The van der Waals surface area contributed by atoms with Gasteiger partial charge in [0.2, 0.25) is 5.78 Å². The first-order valence-corrected chi connectivity index (χ1v) is 12.2. The van der Waals surface area contributed by atoms with E-state index >= 15 is 0 Å². The molecular weight excluding hydrogens is 478 g/mol. The standard InChI is InChI=1S/C25H21N7O3S/c1-30-23(33)19-10-3-4-11-20(19)32-21(26-28-24(30)32)15-36-25-29-27-22(16-7-5-8-17(13-16)34-2)31(25)14-18-9-6-12-35-18/h3-13H,14-15H2,1-2H3. The van der Waals surface area contributed by atoms with E-state index < -0.39 is 0 Å². The molecule has 0 N–H and O–H groups in total. The second kappa shape index (κ2) is 9.00. The minimum Gasteiger partial charge on any atom is -0.497 e. The van der Waals surface area contributed by atoms with Crippen LogP contribution in [0.3, 0.4) is 0 Å². The van der Waals surface area contributed by atoms with Crippen LogP contribution in [-0.2, 0) is 19.3 Å². The Morgan fingerprint density at radius 1 is 1.00 bits per heavy atom. The van der Waals surface area contributed by atoms with Gasteiger partial charge in [-0.15, -0.1) is 20.4 Å². The first-order chi connectivity index (χ1) is 17.6. The molecule has 11 heteroatoms. The predicted octanol–water partition coefficient (Wildman–Crippen LogP) is 3.78. The number of hydrogen-bond donors (Lipinski definition) is 0. The lowest BCUT2D eigenvalue weighted by Crippen LogP contribution is -2.20. The van der Waals surface area contributed by atoms with Crippen molar-refractivity contribution in [1.29, 1.82) is 0 Å². The number of rotatable bonds is 7. The van der Waals surface area contributed by atoms with Crippen molar-refractivity contribution in [2.45, 2.75) is 17.5 Å². The number of benzene rings is 2. The van der Waals surface area contributed by atoms with E-state index in [0.717, 1.165) is 22.6 Å². The Hall–Kier alpha value is -4.38. The summed E-state index contributed by atoms with van der Waals surface area (Å²) in [5, 5.41) is 19.0. The molecule has 2 aromatic carbocycles. The lowest BCUT2D eigenvalue weighted by Gasteiger charge is -2.10. The molecule has 0 saturated heterocycles. The zero-order chi connectivity index (χ0) is 24.6. The number of aromatic nitrogens is 7. The number of ether oxygens (including phenoxy) is 1. The van der Waals surface area contributed by atoms with Crippen molar-refractivity contribution in [2.75, 3.05) is 7.11 Å². The molecule has 0 radical (unpaired) electrons. The predicted molar refractivity (Wildman–Crippen MR) is 135 cm³/mol. The number of thioether (sulfide) groups is 1. The average molecular weight is 500 g/mol. The second-order valence-corrected chi connectivity index (χ2v) is 9.07. The summed E-state index contributed by atoms with van der Waals surface area (Å²) in [5.74, 6) is 3.89. The molecule has 0 fully saturated rings. The summed E-state index contributed by atoms with van der Waals surface area (Å²) in [4.78, 5) is 12.7. The first-order valence-electron chi connectivity index (χ1n) is 11.2. The molecule has 36 heavy (non-hydrogen) atoms. The van der Waals surface area contributed by atoms with Crippen molar-refractivity contribution in [3.63, 3.8) is 0 Å². The van der Waals surface area contributed by atoms with Gasteiger partial charge in [0.25, 0.3) is 5.56 Å². The van der Waals surface area contributed by atoms with E-state index in [-0.39, 0.29) is 5.56 Å². The highest BCUT2D eigenvalue weighted by atomic mass is 32.2. The van der Waals surface area contributed by atoms with Gasteiger partial charge in [-0.05, 0) is 36.4 Å². The third-order valence-corrected chi connectivity index (χ3v) is 6.92. The molecule has 0 aliphatic carbocycles. The van der Waals surface area contributed by atoms with Crippen LogP contribution in [0.15, 0.2) is 81.3 Å².